The molecular formula is C17H20N2O6. The molecule has 3 amide bonds. The number of nitrogens with zero attached hydrogens (tertiary/aromatic N) is 1. The zero-order valence-corrected chi connectivity index (χ0v) is 14.1. The van der Waals surface area contributed by atoms with Gasteiger partial charge in [-0.1, -0.05) is 12.1 Å². The van der Waals surface area contributed by atoms with Gasteiger partial charge in [0.1, 0.15) is 12.4 Å². The number of rotatable bonds is 10. The Kier molecular flexibility index (Phi) is 7.98. The van der Waals surface area contributed by atoms with Gasteiger partial charge in [0, 0.05) is 25.1 Å². The molecule has 1 rings (SSSR count). The highest BCUT2D eigenvalue weighted by molar-refractivity contribution is 6.04. The third-order valence-corrected chi connectivity index (χ3v) is 3.70. The lowest BCUT2D eigenvalue weighted by Crippen LogP contribution is -2.37. The van der Waals surface area contributed by atoms with Crippen molar-refractivity contribution in [2.24, 2.45) is 0 Å². The van der Waals surface area contributed by atoms with Gasteiger partial charge in [0.2, 0.25) is 12.3 Å². The molecule has 0 bridgehead atoms. The summed E-state index contributed by atoms with van der Waals surface area (Å²) in [7, 11) is 1.54. The molecule has 1 atom stereocenters. The molecule has 1 aromatic carbocycles. The normalized spacial score (nSPS) is 11.1. The van der Waals surface area contributed by atoms with Crippen molar-refractivity contribution in [3.05, 3.63) is 29.3 Å². The van der Waals surface area contributed by atoms with Crippen LogP contribution in [0, 0.1) is 0 Å². The number of aldehydes is 2. The minimum Gasteiger partial charge on any atom is -0.485 e. The van der Waals surface area contributed by atoms with Crippen LogP contribution in [-0.2, 0) is 14.4 Å². The van der Waals surface area contributed by atoms with E-state index in [1.807, 2.05) is 5.32 Å². The van der Waals surface area contributed by atoms with E-state index >= 15 is 0 Å². The van der Waals surface area contributed by atoms with Gasteiger partial charge < -0.3 is 9.64 Å². The number of hydrogen-bond donors (Lipinski definition) is 1. The topological polar surface area (TPSA) is 110 Å². The van der Waals surface area contributed by atoms with Crippen molar-refractivity contribution in [2.75, 3.05) is 13.7 Å². The van der Waals surface area contributed by atoms with E-state index in [0.717, 1.165) is 0 Å². The second-order valence-corrected chi connectivity index (χ2v) is 5.31. The molecule has 8 nitrogen and oxygen atoms in total. The smallest absolute Gasteiger partial charge is 0.258 e. The molecule has 0 fully saturated rings. The monoisotopic (exact) mass is 348 g/mol. The number of carbonyl (C=O) groups excluding carboxylic acids is 5. The molecule has 0 heterocycles. The van der Waals surface area contributed by atoms with Crippen LogP contribution in [0.1, 0.15) is 40.5 Å². The first-order valence-corrected chi connectivity index (χ1v) is 7.61. The summed E-state index contributed by atoms with van der Waals surface area (Å²) in [5.41, 5.74) is 0.206. The first-order valence-electron chi connectivity index (χ1n) is 7.61. The summed E-state index contributed by atoms with van der Waals surface area (Å²) >= 11 is 0. The standard InChI is InChI=1S/C17H20N2O6/c1-12(6-7-15(23)18-11-22)19(2)17(24)16-13(10-21)4-3-5-14(16)25-9-8-20/h3-5,8,10-12H,6-7,9H2,1-2H3,(H,18,22,23). The Hall–Kier alpha value is -3.03. The van der Waals surface area contributed by atoms with Crippen LogP contribution in [0.3, 0.4) is 0 Å². The SMILES string of the molecule is CC(CCC(=O)NC=O)N(C)C(=O)c1c(C=O)cccc1OCC=O. The summed E-state index contributed by atoms with van der Waals surface area (Å²) in [5, 5.41) is 2.03. The maximum atomic E-state index is 12.8. The van der Waals surface area contributed by atoms with Crippen molar-refractivity contribution in [1.29, 1.82) is 0 Å². The van der Waals surface area contributed by atoms with E-state index in [2.05, 4.69) is 0 Å². The van der Waals surface area contributed by atoms with Crippen molar-refractivity contribution >= 4 is 30.8 Å². The molecule has 1 aromatic rings. The Labute approximate surface area is 145 Å². The van der Waals surface area contributed by atoms with Crippen LogP contribution in [0.5, 0.6) is 5.75 Å². The average molecular weight is 348 g/mol. The molecule has 134 valence electrons. The molecule has 0 radical (unpaired) electrons. The second kappa shape index (κ2) is 9.96. The Morgan fingerprint density at radius 1 is 1.28 bits per heavy atom. The molecule has 1 unspecified atom stereocenters. The Morgan fingerprint density at radius 3 is 2.60 bits per heavy atom. The lowest BCUT2D eigenvalue weighted by Gasteiger charge is -2.26. The minimum absolute atomic E-state index is 0.0612. The van der Waals surface area contributed by atoms with E-state index < -0.39 is 11.8 Å². The zero-order chi connectivity index (χ0) is 18.8. The van der Waals surface area contributed by atoms with Gasteiger partial charge in [0.25, 0.3) is 5.91 Å². The number of nitrogens with one attached hydrogen (secondary N) is 1. The maximum Gasteiger partial charge on any atom is 0.258 e. The zero-order valence-electron chi connectivity index (χ0n) is 14.1. The fourth-order valence-electron chi connectivity index (χ4n) is 2.17. The third-order valence-electron chi connectivity index (χ3n) is 3.70. The van der Waals surface area contributed by atoms with E-state index in [9.17, 15) is 24.0 Å². The largest absolute Gasteiger partial charge is 0.485 e. The van der Waals surface area contributed by atoms with Gasteiger partial charge in [-0.05, 0) is 19.4 Å². The van der Waals surface area contributed by atoms with Gasteiger partial charge in [-0.15, -0.1) is 0 Å². The highest BCUT2D eigenvalue weighted by atomic mass is 16.5. The summed E-state index contributed by atoms with van der Waals surface area (Å²) < 4.78 is 5.23. The van der Waals surface area contributed by atoms with Crippen molar-refractivity contribution < 1.29 is 28.7 Å². The molecule has 1 N–H and O–H groups in total. The van der Waals surface area contributed by atoms with Crippen LogP contribution in [0.25, 0.3) is 0 Å². The van der Waals surface area contributed by atoms with Crippen molar-refractivity contribution in [3.8, 4) is 5.75 Å². The van der Waals surface area contributed by atoms with Crippen molar-refractivity contribution in [1.82, 2.24) is 10.2 Å². The van der Waals surface area contributed by atoms with Crippen LogP contribution >= 0.6 is 0 Å². The van der Waals surface area contributed by atoms with E-state index in [-0.39, 0.29) is 35.9 Å². The van der Waals surface area contributed by atoms with E-state index in [1.54, 1.807) is 13.0 Å². The third kappa shape index (κ3) is 5.52. The van der Waals surface area contributed by atoms with Gasteiger partial charge in [-0.3, -0.25) is 29.3 Å². The molecule has 0 aliphatic carbocycles. The maximum absolute atomic E-state index is 12.8. The number of hydrogen-bond acceptors (Lipinski definition) is 6. The first kappa shape index (κ1) is 20.0. The predicted molar refractivity (Wildman–Crippen MR) is 88.4 cm³/mol. The van der Waals surface area contributed by atoms with Crippen LogP contribution in [0.2, 0.25) is 0 Å². The lowest BCUT2D eigenvalue weighted by molar-refractivity contribution is -0.125. The van der Waals surface area contributed by atoms with Crippen LogP contribution < -0.4 is 10.1 Å². The fraction of sp³-hybridized carbons (Fsp3) is 0.353. The molecular weight excluding hydrogens is 328 g/mol. The molecule has 0 saturated carbocycles. The van der Waals surface area contributed by atoms with Crippen molar-refractivity contribution in [3.63, 3.8) is 0 Å². The number of benzene rings is 1. The fourth-order valence-corrected chi connectivity index (χ4v) is 2.17. The first-order chi connectivity index (χ1) is 12.0. The number of imide groups is 1. The van der Waals surface area contributed by atoms with E-state index in [4.69, 9.17) is 4.74 Å². The summed E-state index contributed by atoms with van der Waals surface area (Å²) in [6.07, 6.45) is 1.78. The van der Waals surface area contributed by atoms with Crippen LogP contribution in [0.15, 0.2) is 18.2 Å². The number of carbonyl (C=O) groups is 5. The Bertz CT molecular complexity index is 659. The molecule has 8 heteroatoms. The summed E-state index contributed by atoms with van der Waals surface area (Å²) in [5.74, 6) is -0.766. The Morgan fingerprint density at radius 2 is 2.00 bits per heavy atom. The van der Waals surface area contributed by atoms with Crippen LogP contribution in [0.4, 0.5) is 0 Å². The van der Waals surface area contributed by atoms with Gasteiger partial charge in [-0.25, -0.2) is 0 Å². The van der Waals surface area contributed by atoms with Crippen molar-refractivity contribution in [2.45, 2.75) is 25.8 Å². The van der Waals surface area contributed by atoms with Gasteiger partial charge in [-0.2, -0.15) is 0 Å². The lowest BCUT2D eigenvalue weighted by atomic mass is 10.0. The Balaban J connectivity index is 2.96. The van der Waals surface area contributed by atoms with Crippen LogP contribution in [-0.4, -0.2) is 55.4 Å². The molecule has 0 saturated heterocycles. The molecule has 0 spiro atoms. The molecule has 0 aliphatic rings. The van der Waals surface area contributed by atoms with E-state index in [1.165, 1.54) is 24.1 Å². The molecule has 0 aromatic heterocycles. The predicted octanol–water partition coefficient (Wildman–Crippen LogP) is 0.590. The average Bonchev–Trinajstić information content (AvgIpc) is 2.62. The van der Waals surface area contributed by atoms with Gasteiger partial charge in [0.05, 0.1) is 5.56 Å². The highest BCUT2D eigenvalue weighted by Crippen LogP contribution is 2.24. The number of ether oxygens (including phenoxy) is 1. The minimum atomic E-state index is -0.466. The number of amides is 3. The summed E-state index contributed by atoms with van der Waals surface area (Å²) in [4.78, 5) is 57.5. The van der Waals surface area contributed by atoms with Gasteiger partial charge >= 0.3 is 0 Å². The van der Waals surface area contributed by atoms with Gasteiger partial charge in [0.15, 0.2) is 12.6 Å². The highest BCUT2D eigenvalue weighted by Gasteiger charge is 2.24. The summed E-state index contributed by atoms with van der Waals surface area (Å²) in [6.45, 7) is 1.50. The molecule has 0 aliphatic heterocycles. The second-order valence-electron chi connectivity index (χ2n) is 5.31. The van der Waals surface area contributed by atoms with E-state index in [0.29, 0.717) is 25.4 Å². The quantitative estimate of drug-likeness (QED) is 0.620. The summed E-state index contributed by atoms with van der Waals surface area (Å²) in [6, 6.07) is 4.20. The molecule has 25 heavy (non-hydrogen) atoms.